The molecule has 3 rings (SSSR count). The average molecular weight is 585 g/mol. The lowest BCUT2D eigenvalue weighted by atomic mass is 9.96. The van der Waals surface area contributed by atoms with Gasteiger partial charge in [-0.1, -0.05) is 25.7 Å². The van der Waals surface area contributed by atoms with Crippen molar-refractivity contribution in [3.8, 4) is 11.8 Å². The number of halogens is 3. The first-order chi connectivity index (χ1) is 19.2. The molecule has 0 saturated carbocycles. The third-order valence-corrected chi connectivity index (χ3v) is 6.12. The van der Waals surface area contributed by atoms with Crippen LogP contribution in [0.25, 0.3) is 0 Å². The highest BCUT2D eigenvalue weighted by Crippen LogP contribution is 2.34. The van der Waals surface area contributed by atoms with Gasteiger partial charge in [0.05, 0.1) is 48.0 Å². The second-order valence-corrected chi connectivity index (χ2v) is 9.42. The summed E-state index contributed by atoms with van der Waals surface area (Å²) < 4.78 is 49.2. The third kappa shape index (κ3) is 7.79. The Bertz CT molecular complexity index is 1460. The minimum Gasteiger partial charge on any atom is -0.394 e. The van der Waals surface area contributed by atoms with Gasteiger partial charge < -0.3 is 25.0 Å². The Balaban J connectivity index is 1.82. The zero-order valence-corrected chi connectivity index (χ0v) is 21.8. The van der Waals surface area contributed by atoms with E-state index in [1.165, 1.54) is 18.3 Å². The summed E-state index contributed by atoms with van der Waals surface area (Å²) in [5, 5.41) is 32.7. The van der Waals surface area contributed by atoms with Crippen LogP contribution in [0, 0.1) is 27.9 Å². The largest absolute Gasteiger partial charge is 0.471 e. The van der Waals surface area contributed by atoms with Gasteiger partial charge in [0.15, 0.2) is 0 Å². The molecule has 1 aliphatic rings. The van der Waals surface area contributed by atoms with Crippen LogP contribution in [-0.2, 0) is 20.9 Å². The highest BCUT2D eigenvalue weighted by Gasteiger charge is 2.38. The van der Waals surface area contributed by atoms with Crippen LogP contribution in [0.2, 0.25) is 0 Å². The molecule has 1 aromatic heterocycles. The van der Waals surface area contributed by atoms with Gasteiger partial charge >= 0.3 is 17.8 Å². The van der Waals surface area contributed by atoms with Crippen molar-refractivity contribution in [3.05, 3.63) is 72.0 Å². The molecule has 222 valence electrons. The van der Waals surface area contributed by atoms with E-state index >= 15 is 0 Å². The zero-order chi connectivity index (χ0) is 30.5. The minimum atomic E-state index is -5.06. The number of carbonyl (C=O) groups excluding carboxylic acids is 1. The van der Waals surface area contributed by atoms with Crippen LogP contribution in [0.5, 0.6) is 0 Å². The highest BCUT2D eigenvalue weighted by atomic mass is 19.4. The molecule has 4 N–H and O–H groups in total. The number of aliphatic hydroxyl groups excluding tert-OH is 2. The Morgan fingerprint density at radius 2 is 2.07 bits per heavy atom. The molecule has 0 radical (unpaired) electrons. The fourth-order valence-corrected chi connectivity index (χ4v) is 4.11. The molecule has 1 aliphatic heterocycles. The number of aromatic nitrogens is 2. The van der Waals surface area contributed by atoms with Gasteiger partial charge in [0.25, 0.3) is 11.2 Å². The van der Waals surface area contributed by atoms with Gasteiger partial charge in [-0.3, -0.25) is 29.3 Å². The lowest BCUT2D eigenvalue weighted by Gasteiger charge is -2.22. The number of alkyl halides is 3. The Hall–Kier alpha value is -4.04. The Morgan fingerprint density at radius 3 is 2.66 bits per heavy atom. The normalized spacial score (nSPS) is 19.5. The van der Waals surface area contributed by atoms with Gasteiger partial charge in [-0.25, -0.2) is 4.79 Å². The first-order valence-electron chi connectivity index (χ1n) is 12.3. The molecule has 0 aliphatic carbocycles. The summed E-state index contributed by atoms with van der Waals surface area (Å²) in [6, 6.07) is 3.88. The Labute approximate surface area is 230 Å². The molecule has 41 heavy (non-hydrogen) atoms. The number of nitrogens with one attached hydrogen (secondary N) is 2. The minimum absolute atomic E-state index is 0.00756. The molecule has 4 atom stereocenters. The molecule has 16 heteroatoms. The predicted molar refractivity (Wildman–Crippen MR) is 134 cm³/mol. The molecule has 2 aromatic rings. The summed E-state index contributed by atoms with van der Waals surface area (Å²) in [7, 11) is 0. The molecule has 1 unspecified atom stereocenters. The zero-order valence-electron chi connectivity index (χ0n) is 21.8. The van der Waals surface area contributed by atoms with Gasteiger partial charge in [0, 0.05) is 24.2 Å². The summed E-state index contributed by atoms with van der Waals surface area (Å²) in [6.45, 7) is 1.97. The fourth-order valence-electron chi connectivity index (χ4n) is 4.11. The summed E-state index contributed by atoms with van der Waals surface area (Å²) in [5.41, 5.74) is -1.72. The van der Waals surface area contributed by atoms with E-state index in [0.29, 0.717) is 0 Å². The van der Waals surface area contributed by atoms with Gasteiger partial charge in [0.1, 0.15) is 12.3 Å². The SMILES string of the molecule is CC(C)C(OCc1cn([C@H]2C[C@@H](O)[C@@H](CO)O2)c(=O)[nH]c1=O)c1ccc(C#CCNC(=O)C(F)(F)F)cc1[N+](=O)[O-]. The van der Waals surface area contributed by atoms with Gasteiger partial charge in [-0.15, -0.1) is 0 Å². The van der Waals surface area contributed by atoms with Gasteiger partial charge in [-0.2, -0.15) is 13.2 Å². The van der Waals surface area contributed by atoms with Crippen LogP contribution < -0.4 is 16.6 Å². The quantitative estimate of drug-likeness (QED) is 0.190. The van der Waals surface area contributed by atoms with Crippen molar-refractivity contribution in [2.45, 2.75) is 57.6 Å². The van der Waals surface area contributed by atoms with E-state index in [1.807, 2.05) is 0 Å². The number of ether oxygens (including phenoxy) is 2. The number of aliphatic hydroxyl groups is 2. The van der Waals surface area contributed by atoms with Crippen molar-refractivity contribution in [1.82, 2.24) is 14.9 Å². The summed E-state index contributed by atoms with van der Waals surface area (Å²) in [6.07, 6.45) is -7.68. The standard InChI is InChI=1S/C25H27F3N4O9/c1-13(2)21(16-6-5-14(8-17(16)32(38)39)4-3-7-29-23(36)25(26,27)28)40-12-15-10-31(24(37)30-22(15)35)20-9-18(34)19(11-33)41-20/h5-6,8,10,13,18-21,33-34H,7,9,11-12H2,1-2H3,(H,29,36)(H,30,35,37)/t18-,19-,20-,21?/m1/s1. The van der Waals surface area contributed by atoms with Crippen molar-refractivity contribution in [1.29, 1.82) is 0 Å². The maximum absolute atomic E-state index is 12.5. The first kappa shape index (κ1) is 31.5. The summed E-state index contributed by atoms with van der Waals surface area (Å²) >= 11 is 0. The molecular formula is C25H27F3N4O9. The van der Waals surface area contributed by atoms with Crippen LogP contribution in [0.1, 0.15) is 49.3 Å². The number of hydrogen-bond acceptors (Lipinski definition) is 9. The number of aromatic amines is 1. The van der Waals surface area contributed by atoms with Gasteiger partial charge in [-0.05, 0) is 18.1 Å². The van der Waals surface area contributed by atoms with Crippen molar-refractivity contribution in [2.75, 3.05) is 13.2 Å². The van der Waals surface area contributed by atoms with E-state index in [0.717, 1.165) is 10.6 Å². The summed E-state index contributed by atoms with van der Waals surface area (Å²) in [4.78, 5) is 49.0. The number of H-pyrrole nitrogens is 1. The summed E-state index contributed by atoms with van der Waals surface area (Å²) in [5.74, 6) is 2.25. The average Bonchev–Trinajstić information content (AvgIpc) is 3.27. The van der Waals surface area contributed by atoms with E-state index in [9.17, 15) is 47.9 Å². The maximum Gasteiger partial charge on any atom is 0.471 e. The number of carbonyl (C=O) groups is 1. The molecule has 1 saturated heterocycles. The number of rotatable bonds is 9. The van der Waals surface area contributed by atoms with Crippen LogP contribution in [0.4, 0.5) is 18.9 Å². The second-order valence-electron chi connectivity index (χ2n) is 9.42. The molecule has 1 amide bonds. The van der Waals surface area contributed by atoms with Crippen molar-refractivity contribution >= 4 is 11.6 Å². The van der Waals surface area contributed by atoms with Crippen LogP contribution in [-0.4, -0.2) is 62.1 Å². The topological polar surface area (TPSA) is 186 Å². The van der Waals surface area contributed by atoms with Crippen molar-refractivity contribution in [3.63, 3.8) is 0 Å². The second kappa shape index (κ2) is 13.1. The molecule has 0 spiro atoms. The number of nitrogens with zero attached hydrogens (tertiary/aromatic N) is 2. The lowest BCUT2D eigenvalue weighted by Crippen LogP contribution is -2.36. The van der Waals surface area contributed by atoms with Gasteiger partial charge in [0.2, 0.25) is 0 Å². The predicted octanol–water partition coefficient (Wildman–Crippen LogP) is 1.03. The number of nitro groups is 1. The molecular weight excluding hydrogens is 557 g/mol. The number of benzene rings is 1. The van der Waals surface area contributed by atoms with Crippen molar-refractivity contribution < 1.29 is 42.6 Å². The first-order valence-corrected chi connectivity index (χ1v) is 12.3. The van der Waals surface area contributed by atoms with Crippen LogP contribution in [0.3, 0.4) is 0 Å². The fraction of sp³-hybridized carbons (Fsp3) is 0.480. The molecule has 2 heterocycles. The van der Waals surface area contributed by atoms with E-state index in [1.54, 1.807) is 19.2 Å². The van der Waals surface area contributed by atoms with E-state index in [-0.39, 0.29) is 35.6 Å². The Kier molecular flexibility index (Phi) is 10.0. The smallest absolute Gasteiger partial charge is 0.394 e. The number of nitro benzene ring substituents is 1. The number of hydrogen-bond donors (Lipinski definition) is 4. The van der Waals surface area contributed by atoms with E-state index in [2.05, 4.69) is 16.8 Å². The van der Waals surface area contributed by atoms with Crippen molar-refractivity contribution in [2.24, 2.45) is 5.92 Å². The molecule has 0 bridgehead atoms. The van der Waals surface area contributed by atoms with Crippen LogP contribution >= 0.6 is 0 Å². The molecule has 1 fully saturated rings. The third-order valence-electron chi connectivity index (χ3n) is 6.12. The van der Waals surface area contributed by atoms with Crippen LogP contribution in [0.15, 0.2) is 34.0 Å². The Morgan fingerprint density at radius 1 is 1.37 bits per heavy atom. The van der Waals surface area contributed by atoms with E-state index < -0.39 is 71.6 Å². The molecule has 1 aromatic carbocycles. The monoisotopic (exact) mass is 584 g/mol. The number of amides is 1. The van der Waals surface area contributed by atoms with E-state index in [4.69, 9.17) is 9.47 Å². The highest BCUT2D eigenvalue weighted by molar-refractivity contribution is 5.81. The maximum atomic E-state index is 12.5. The lowest BCUT2D eigenvalue weighted by molar-refractivity contribution is -0.386. The molecule has 13 nitrogen and oxygen atoms in total.